The second-order valence-corrected chi connectivity index (χ2v) is 8.37. The van der Waals surface area contributed by atoms with Crippen molar-refractivity contribution >= 4 is 15.7 Å². The zero-order chi connectivity index (χ0) is 10.1. The Morgan fingerprint density at radius 1 is 1.23 bits per heavy atom. The van der Waals surface area contributed by atoms with Gasteiger partial charge in [-0.3, -0.25) is 9.00 Å². The van der Waals surface area contributed by atoms with Crippen LogP contribution < -0.4 is 0 Å². The van der Waals surface area contributed by atoms with Gasteiger partial charge in [-0.1, -0.05) is 30.7 Å². The molecule has 2 nitrogen and oxygen atoms in total. The molecular weight excluding hydrogens is 184 g/mol. The van der Waals surface area contributed by atoms with E-state index in [4.69, 9.17) is 0 Å². The standard InChI is InChI=1S/C10H20O2S/c1-10(2,3)9(11)8-13(12)6-4-5-7-13/h13H,4-8H2,1-3H3. The van der Waals surface area contributed by atoms with Gasteiger partial charge in [0.25, 0.3) is 0 Å². The van der Waals surface area contributed by atoms with Crippen molar-refractivity contribution in [3.63, 3.8) is 0 Å². The second kappa shape index (κ2) is 3.52. The number of carbonyl (C=O) groups excluding carboxylic acids is 1. The second-order valence-electron chi connectivity index (χ2n) is 5.04. The van der Waals surface area contributed by atoms with Crippen molar-refractivity contribution in [2.75, 3.05) is 17.3 Å². The van der Waals surface area contributed by atoms with E-state index in [-0.39, 0.29) is 11.2 Å². The number of ketones is 1. The van der Waals surface area contributed by atoms with Gasteiger partial charge < -0.3 is 0 Å². The lowest BCUT2D eigenvalue weighted by Gasteiger charge is -2.22. The van der Waals surface area contributed by atoms with Crippen molar-refractivity contribution in [2.24, 2.45) is 5.41 Å². The summed E-state index contributed by atoms with van der Waals surface area (Å²) in [6.45, 7) is 5.70. The third kappa shape index (κ3) is 2.90. The molecule has 1 heterocycles. The summed E-state index contributed by atoms with van der Waals surface area (Å²) in [5.74, 6) is 2.11. The molecule has 0 bridgehead atoms. The Balaban J connectivity index is 2.59. The first-order valence-electron chi connectivity index (χ1n) is 4.94. The molecule has 0 atom stereocenters. The minimum atomic E-state index is -2.07. The molecule has 0 aromatic heterocycles. The SMILES string of the molecule is CC(C)(C)C(=O)C[SH]1(=O)CCCC1. The van der Waals surface area contributed by atoms with Crippen LogP contribution in [-0.4, -0.2) is 27.3 Å². The van der Waals surface area contributed by atoms with Crippen LogP contribution in [0.25, 0.3) is 0 Å². The van der Waals surface area contributed by atoms with Gasteiger partial charge in [0.2, 0.25) is 0 Å². The molecule has 0 radical (unpaired) electrons. The van der Waals surface area contributed by atoms with Crippen LogP contribution in [0.2, 0.25) is 0 Å². The van der Waals surface area contributed by atoms with E-state index in [2.05, 4.69) is 0 Å². The van der Waals surface area contributed by atoms with Gasteiger partial charge in [-0.25, -0.2) is 0 Å². The highest BCUT2D eigenvalue weighted by molar-refractivity contribution is 8.03. The Bertz CT molecular complexity index is 240. The summed E-state index contributed by atoms with van der Waals surface area (Å²) in [5.41, 5.74) is -0.319. The average Bonchev–Trinajstić information content (AvgIpc) is 2.33. The number of thiol groups is 1. The molecule has 1 aliphatic heterocycles. The number of rotatable bonds is 2. The fraction of sp³-hybridized carbons (Fsp3) is 0.900. The maximum Gasteiger partial charge on any atom is 0.148 e. The highest BCUT2D eigenvalue weighted by atomic mass is 32.2. The summed E-state index contributed by atoms with van der Waals surface area (Å²) in [6, 6.07) is 0. The smallest absolute Gasteiger partial charge is 0.148 e. The maximum absolute atomic E-state index is 12.0. The van der Waals surface area contributed by atoms with Crippen molar-refractivity contribution < 1.29 is 9.00 Å². The summed E-state index contributed by atoms with van der Waals surface area (Å²) in [5, 5.41) is 0. The fourth-order valence-corrected chi connectivity index (χ4v) is 4.71. The first kappa shape index (κ1) is 10.9. The molecule has 0 spiro atoms. The Labute approximate surface area is 81.5 Å². The summed E-state index contributed by atoms with van der Waals surface area (Å²) in [6.07, 6.45) is 2.10. The van der Waals surface area contributed by atoms with E-state index in [1.807, 2.05) is 20.8 Å². The number of carbonyl (C=O) groups is 1. The van der Waals surface area contributed by atoms with Gasteiger partial charge in [0.05, 0.1) is 5.75 Å². The van der Waals surface area contributed by atoms with E-state index in [1.54, 1.807) is 0 Å². The van der Waals surface area contributed by atoms with Crippen molar-refractivity contribution in [3.8, 4) is 0 Å². The summed E-state index contributed by atoms with van der Waals surface area (Å²) in [7, 11) is -2.07. The quantitative estimate of drug-likeness (QED) is 0.690. The number of hydrogen-bond donors (Lipinski definition) is 1. The largest absolute Gasteiger partial charge is 0.298 e. The minimum absolute atomic E-state index is 0.165. The normalized spacial score (nSPS) is 24.2. The molecule has 1 aliphatic rings. The van der Waals surface area contributed by atoms with Gasteiger partial charge in [-0.15, -0.1) is 0 Å². The number of Topliss-reactive ketones (excluding diaryl/α,β-unsaturated/α-hetero) is 1. The van der Waals surface area contributed by atoms with E-state index in [0.29, 0.717) is 5.75 Å². The van der Waals surface area contributed by atoms with Crippen LogP contribution in [0, 0.1) is 5.41 Å². The lowest BCUT2D eigenvalue weighted by Crippen LogP contribution is -2.32. The van der Waals surface area contributed by atoms with Crippen molar-refractivity contribution in [3.05, 3.63) is 0 Å². The molecule has 0 aromatic rings. The highest BCUT2D eigenvalue weighted by Gasteiger charge is 2.29. The Morgan fingerprint density at radius 3 is 2.08 bits per heavy atom. The van der Waals surface area contributed by atoms with E-state index in [0.717, 1.165) is 24.3 Å². The Morgan fingerprint density at radius 2 is 1.69 bits per heavy atom. The molecule has 78 valence electrons. The van der Waals surface area contributed by atoms with Gasteiger partial charge in [-0.05, 0) is 12.8 Å². The van der Waals surface area contributed by atoms with E-state index in [9.17, 15) is 9.00 Å². The molecule has 0 N–H and O–H groups in total. The molecule has 1 fully saturated rings. The third-order valence-corrected chi connectivity index (χ3v) is 5.78. The average molecular weight is 204 g/mol. The summed E-state index contributed by atoms with van der Waals surface area (Å²) in [4.78, 5) is 11.7. The molecule has 3 heteroatoms. The maximum atomic E-state index is 12.0. The molecule has 1 saturated heterocycles. The zero-order valence-corrected chi connectivity index (χ0v) is 9.69. The van der Waals surface area contributed by atoms with Crippen LogP contribution >= 0.6 is 0 Å². The van der Waals surface area contributed by atoms with E-state index >= 15 is 0 Å². The molecule has 0 aliphatic carbocycles. The molecule has 13 heavy (non-hydrogen) atoms. The van der Waals surface area contributed by atoms with E-state index < -0.39 is 9.93 Å². The van der Waals surface area contributed by atoms with Gasteiger partial charge in [0.1, 0.15) is 5.78 Å². The fourth-order valence-electron chi connectivity index (χ4n) is 1.57. The van der Waals surface area contributed by atoms with Crippen LogP contribution in [0.5, 0.6) is 0 Å². The van der Waals surface area contributed by atoms with Crippen molar-refractivity contribution in [2.45, 2.75) is 33.6 Å². The first-order chi connectivity index (χ1) is 5.83. The van der Waals surface area contributed by atoms with Gasteiger partial charge >= 0.3 is 0 Å². The summed E-state index contributed by atoms with van der Waals surface area (Å²) < 4.78 is 12.0. The molecule has 0 aromatic carbocycles. The van der Waals surface area contributed by atoms with Crippen LogP contribution in [0.1, 0.15) is 33.6 Å². The van der Waals surface area contributed by atoms with Crippen LogP contribution in [0.15, 0.2) is 0 Å². The predicted octanol–water partition coefficient (Wildman–Crippen LogP) is 1.41. The van der Waals surface area contributed by atoms with E-state index in [1.165, 1.54) is 0 Å². The van der Waals surface area contributed by atoms with Gasteiger partial charge in [-0.2, -0.15) is 0 Å². The molecule has 0 saturated carbocycles. The molecule has 1 rings (SSSR count). The Hall–Kier alpha value is -0.180. The number of hydrogen-bond acceptors (Lipinski definition) is 2. The van der Waals surface area contributed by atoms with Crippen LogP contribution in [0.4, 0.5) is 0 Å². The minimum Gasteiger partial charge on any atom is -0.298 e. The van der Waals surface area contributed by atoms with Crippen LogP contribution in [-0.2, 0) is 14.7 Å². The third-order valence-electron chi connectivity index (χ3n) is 2.65. The van der Waals surface area contributed by atoms with Gasteiger partial charge in [0, 0.05) is 16.9 Å². The van der Waals surface area contributed by atoms with Crippen LogP contribution in [0.3, 0.4) is 0 Å². The Kier molecular flexibility index (Phi) is 2.95. The first-order valence-corrected chi connectivity index (χ1v) is 7.20. The molecule has 0 unspecified atom stereocenters. The zero-order valence-electron chi connectivity index (χ0n) is 8.80. The predicted molar refractivity (Wildman–Crippen MR) is 57.8 cm³/mol. The molecule has 0 amide bonds. The van der Waals surface area contributed by atoms with Crippen molar-refractivity contribution in [1.29, 1.82) is 0 Å². The molecular formula is C10H20O2S. The lowest BCUT2D eigenvalue weighted by molar-refractivity contribution is -0.123. The highest BCUT2D eigenvalue weighted by Crippen LogP contribution is 2.23. The summed E-state index contributed by atoms with van der Waals surface area (Å²) >= 11 is 0. The topological polar surface area (TPSA) is 34.1 Å². The van der Waals surface area contributed by atoms with Gasteiger partial charge in [0.15, 0.2) is 0 Å². The van der Waals surface area contributed by atoms with Crippen molar-refractivity contribution in [1.82, 2.24) is 0 Å². The lowest BCUT2D eigenvalue weighted by atomic mass is 9.92. The monoisotopic (exact) mass is 204 g/mol.